The average molecular weight is 949 g/mol. The van der Waals surface area contributed by atoms with Crippen molar-refractivity contribution < 1.29 is 52.1 Å². The molecule has 10 nitrogen and oxygen atoms in total. The minimum absolute atomic E-state index is 0.0724. The average Bonchev–Trinajstić information content (AvgIpc) is 3.40. The highest BCUT2D eigenvalue weighted by Gasteiger charge is 2.64. The first-order valence-electron chi connectivity index (χ1n) is 23.6. The zero-order valence-corrected chi connectivity index (χ0v) is 39.9. The van der Waals surface area contributed by atoms with Gasteiger partial charge in [0, 0.05) is 12.0 Å². The van der Waals surface area contributed by atoms with Crippen molar-refractivity contribution in [2.24, 2.45) is 0 Å². The Morgan fingerprint density at radius 1 is 0.500 bits per heavy atom. The molecule has 1 saturated heterocycles. The molecule has 1 aliphatic heterocycles. The molecule has 0 amide bonds. The van der Waals surface area contributed by atoms with Gasteiger partial charge in [-0.05, 0) is 94.4 Å². The third kappa shape index (κ3) is 12.9. The molecule has 0 aromatic heterocycles. The molecule has 1 fully saturated rings. The second-order valence-electron chi connectivity index (χ2n) is 17.3. The maximum absolute atomic E-state index is 16.1. The summed E-state index contributed by atoms with van der Waals surface area (Å²) in [6.45, 7) is 2.85. The minimum Gasteiger partial charge on any atom is -0.497 e. The Hall–Kier alpha value is -6.41. The second-order valence-corrected chi connectivity index (χ2v) is 17.3. The first-order valence-corrected chi connectivity index (χ1v) is 23.6. The fraction of sp³-hybridized carbons (Fsp3) is 0.288. The molecule has 1 N–H and O–H groups in total. The van der Waals surface area contributed by atoms with Crippen LogP contribution < -0.4 is 14.2 Å². The van der Waals surface area contributed by atoms with E-state index in [1.807, 2.05) is 171 Å². The normalized spacial score (nSPS) is 18.6. The molecule has 364 valence electrons. The summed E-state index contributed by atoms with van der Waals surface area (Å²) in [5.74, 6) is -0.630. The van der Waals surface area contributed by atoms with Crippen LogP contribution >= 0.6 is 0 Å². The number of ether oxygens (including phenoxy) is 9. The molecule has 0 bridgehead atoms. The molecular formula is C59H61FO10. The van der Waals surface area contributed by atoms with E-state index in [1.165, 1.54) is 12.1 Å². The van der Waals surface area contributed by atoms with E-state index in [-0.39, 0.29) is 58.2 Å². The first kappa shape index (κ1) is 50.0. The summed E-state index contributed by atoms with van der Waals surface area (Å²) in [7, 11) is 3.24. The molecule has 7 aromatic carbocycles. The predicted molar refractivity (Wildman–Crippen MR) is 265 cm³/mol. The summed E-state index contributed by atoms with van der Waals surface area (Å²) in [4.78, 5) is 0. The van der Waals surface area contributed by atoms with Gasteiger partial charge in [-0.15, -0.1) is 0 Å². The van der Waals surface area contributed by atoms with Gasteiger partial charge >= 0.3 is 0 Å². The van der Waals surface area contributed by atoms with Crippen LogP contribution in [0.25, 0.3) is 0 Å². The largest absolute Gasteiger partial charge is 0.497 e. The molecule has 70 heavy (non-hydrogen) atoms. The van der Waals surface area contributed by atoms with Crippen molar-refractivity contribution in [2.75, 3.05) is 34.0 Å². The highest BCUT2D eigenvalue weighted by molar-refractivity contribution is 5.37. The SMILES string of the molecule is CCOc1ccc(Cc2cc(C3(O)OC(COCc4ccc(OC)cc4)(COCc4ccc(OC)cc4)[C@@H](OCc4ccccc4)[C@H](OCc4ccccc4)C3OCc3ccccc3)ccc2F)cc1. The van der Waals surface area contributed by atoms with Crippen LogP contribution in [0.1, 0.15) is 51.4 Å². The monoisotopic (exact) mass is 948 g/mol. The van der Waals surface area contributed by atoms with Crippen molar-refractivity contribution in [3.05, 3.63) is 232 Å². The van der Waals surface area contributed by atoms with Gasteiger partial charge in [0.2, 0.25) is 5.79 Å². The van der Waals surface area contributed by atoms with Crippen LogP contribution in [0.15, 0.2) is 182 Å². The predicted octanol–water partition coefficient (Wildman–Crippen LogP) is 10.9. The third-order valence-electron chi connectivity index (χ3n) is 12.3. The molecular weight excluding hydrogens is 888 g/mol. The van der Waals surface area contributed by atoms with Gasteiger partial charge in [-0.3, -0.25) is 0 Å². The standard InChI is InChI=1S/C59H61FO10/c1-4-66-53-31-20-43(21-32-53)34-49-35-50(26-33-54(49)60)59(61)57(69-40-46-18-12-7-13-19-46)55(67-38-44-14-8-5-9-15-44)56(68-39-45-16-10-6-11-17-45)58(70-59,41-64-36-47-22-27-51(62-2)28-23-47)42-65-37-48-24-29-52(63-3)30-25-48/h5-33,35,55-57,61H,4,34,36-42H2,1-3H3/t55-,56-,57?,59?/m0/s1. The van der Waals surface area contributed by atoms with E-state index >= 15 is 4.39 Å². The van der Waals surface area contributed by atoms with E-state index in [2.05, 4.69) is 0 Å². The van der Waals surface area contributed by atoms with Gasteiger partial charge in [-0.25, -0.2) is 4.39 Å². The van der Waals surface area contributed by atoms with Crippen LogP contribution in [0.5, 0.6) is 17.2 Å². The summed E-state index contributed by atoms with van der Waals surface area (Å²) in [6.07, 6.45) is -3.11. The Balaban J connectivity index is 1.26. The summed E-state index contributed by atoms with van der Waals surface area (Å²) in [5.41, 5.74) is 4.21. The van der Waals surface area contributed by atoms with E-state index in [1.54, 1.807) is 20.3 Å². The number of benzene rings is 7. The molecule has 2 unspecified atom stereocenters. The number of methoxy groups -OCH3 is 2. The molecule has 0 spiro atoms. The summed E-state index contributed by atoms with van der Waals surface area (Å²) < 4.78 is 74.5. The van der Waals surface area contributed by atoms with Crippen LogP contribution in [0, 0.1) is 5.82 Å². The highest BCUT2D eigenvalue weighted by Crippen LogP contribution is 2.47. The lowest BCUT2D eigenvalue weighted by Crippen LogP contribution is -2.72. The molecule has 7 aromatic rings. The molecule has 4 atom stereocenters. The van der Waals surface area contributed by atoms with Gasteiger partial charge in [-0.2, -0.15) is 0 Å². The van der Waals surface area contributed by atoms with Gasteiger partial charge in [0.15, 0.2) is 0 Å². The lowest BCUT2D eigenvalue weighted by Gasteiger charge is -2.55. The van der Waals surface area contributed by atoms with E-state index in [4.69, 9.17) is 42.6 Å². The summed E-state index contributed by atoms with van der Waals surface area (Å²) >= 11 is 0. The van der Waals surface area contributed by atoms with Gasteiger partial charge in [0.05, 0.1) is 67.1 Å². The Labute approximate surface area is 410 Å². The molecule has 0 saturated carbocycles. The number of rotatable bonds is 24. The van der Waals surface area contributed by atoms with Gasteiger partial charge in [0.1, 0.15) is 47.0 Å². The van der Waals surface area contributed by atoms with Crippen molar-refractivity contribution in [1.29, 1.82) is 0 Å². The fourth-order valence-corrected chi connectivity index (χ4v) is 8.66. The number of hydrogen-bond acceptors (Lipinski definition) is 10. The second kappa shape index (κ2) is 24.4. The summed E-state index contributed by atoms with van der Waals surface area (Å²) in [6, 6.07) is 56.5. The Morgan fingerprint density at radius 2 is 0.943 bits per heavy atom. The van der Waals surface area contributed by atoms with E-state index in [0.717, 1.165) is 33.4 Å². The number of halogens is 1. The fourth-order valence-electron chi connectivity index (χ4n) is 8.66. The van der Waals surface area contributed by atoms with E-state index in [9.17, 15) is 5.11 Å². The van der Waals surface area contributed by atoms with Crippen molar-refractivity contribution >= 4 is 0 Å². The Bertz CT molecular complexity index is 2580. The quantitative estimate of drug-likeness (QED) is 0.0630. The zero-order chi connectivity index (χ0) is 48.6. The van der Waals surface area contributed by atoms with Gasteiger partial charge in [0.25, 0.3) is 0 Å². The highest BCUT2D eigenvalue weighted by atomic mass is 19.1. The van der Waals surface area contributed by atoms with E-state index in [0.29, 0.717) is 29.4 Å². The van der Waals surface area contributed by atoms with Crippen LogP contribution in [0.3, 0.4) is 0 Å². The maximum atomic E-state index is 16.1. The van der Waals surface area contributed by atoms with Crippen LogP contribution in [-0.2, 0) is 73.7 Å². The van der Waals surface area contributed by atoms with Gasteiger partial charge in [-0.1, -0.05) is 133 Å². The number of aliphatic hydroxyl groups is 1. The van der Waals surface area contributed by atoms with Crippen molar-refractivity contribution in [3.63, 3.8) is 0 Å². The lowest BCUT2D eigenvalue weighted by atomic mass is 9.80. The third-order valence-corrected chi connectivity index (χ3v) is 12.3. The Morgan fingerprint density at radius 3 is 1.43 bits per heavy atom. The molecule has 1 aliphatic rings. The minimum atomic E-state index is -2.32. The van der Waals surface area contributed by atoms with E-state index < -0.39 is 35.5 Å². The van der Waals surface area contributed by atoms with Crippen LogP contribution in [0.4, 0.5) is 4.39 Å². The topological polar surface area (TPSA) is 103 Å². The summed E-state index contributed by atoms with van der Waals surface area (Å²) in [5, 5.41) is 13.9. The molecule has 0 radical (unpaired) electrons. The van der Waals surface area contributed by atoms with Crippen molar-refractivity contribution in [3.8, 4) is 17.2 Å². The van der Waals surface area contributed by atoms with Crippen molar-refractivity contribution in [2.45, 2.75) is 76.1 Å². The molecule has 8 rings (SSSR count). The molecule has 0 aliphatic carbocycles. The smallest absolute Gasteiger partial charge is 0.223 e. The molecule has 11 heteroatoms. The van der Waals surface area contributed by atoms with Crippen LogP contribution in [-0.4, -0.2) is 63.1 Å². The lowest BCUT2D eigenvalue weighted by molar-refractivity contribution is -0.414. The first-order chi connectivity index (χ1) is 34.3. The van der Waals surface area contributed by atoms with Gasteiger partial charge < -0.3 is 47.7 Å². The van der Waals surface area contributed by atoms with Crippen molar-refractivity contribution in [1.82, 2.24) is 0 Å². The van der Waals surface area contributed by atoms with Crippen LogP contribution in [0.2, 0.25) is 0 Å². The molecule has 1 heterocycles. The number of hydrogen-bond donors (Lipinski definition) is 1. The maximum Gasteiger partial charge on any atom is 0.223 e. The Kier molecular flexibility index (Phi) is 17.4. The zero-order valence-electron chi connectivity index (χ0n) is 39.9.